The average Bonchev–Trinajstić information content (AvgIpc) is 3.30. The third-order valence-corrected chi connectivity index (χ3v) is 10.2. The molecule has 8 heteroatoms. The maximum absolute atomic E-state index is 13.2. The van der Waals surface area contributed by atoms with E-state index in [4.69, 9.17) is 0 Å². The monoisotopic (exact) mass is 478 g/mol. The predicted octanol–water partition coefficient (Wildman–Crippen LogP) is 4.28. The lowest BCUT2D eigenvalue weighted by Crippen LogP contribution is -2.40. The second kappa shape index (κ2) is 10.1. The molecular formula is C23H30N2O3S3. The van der Waals surface area contributed by atoms with Crippen LogP contribution in [0.1, 0.15) is 40.1 Å². The molecule has 0 N–H and O–H groups in total. The fraction of sp³-hybridized carbons (Fsp3) is 0.522. The summed E-state index contributed by atoms with van der Waals surface area (Å²) in [5, 5.41) is 1.73. The predicted molar refractivity (Wildman–Crippen MR) is 129 cm³/mol. The minimum Gasteiger partial charge on any atom is -0.338 e. The Balaban J connectivity index is 1.35. The molecule has 4 rings (SSSR count). The number of hydrogen-bond donors (Lipinski definition) is 0. The van der Waals surface area contributed by atoms with Gasteiger partial charge in [0.25, 0.3) is 5.91 Å². The molecule has 2 aliphatic heterocycles. The summed E-state index contributed by atoms with van der Waals surface area (Å²) in [7, 11) is -3.60. The number of thiophene rings is 1. The first kappa shape index (κ1) is 22.8. The largest absolute Gasteiger partial charge is 0.338 e. The number of hydrogen-bond acceptors (Lipinski definition) is 5. The van der Waals surface area contributed by atoms with E-state index in [1.54, 1.807) is 23.2 Å². The summed E-state index contributed by atoms with van der Waals surface area (Å²) >= 11 is 3.02. The molecule has 5 nitrogen and oxygen atoms in total. The zero-order chi connectivity index (χ0) is 21.8. The van der Waals surface area contributed by atoms with E-state index in [1.807, 2.05) is 4.90 Å². The number of rotatable bonds is 6. The SMILES string of the molecule is Cc1ccc(CCC2CCN(C(=O)c3sccc3S(=O)(=O)N3CCSCC3)CC2)cc1. The first-order chi connectivity index (χ1) is 14.9. The summed E-state index contributed by atoms with van der Waals surface area (Å²) in [6, 6.07) is 10.3. The molecule has 2 aromatic rings. The number of amides is 1. The Morgan fingerprint density at radius 1 is 1.03 bits per heavy atom. The number of carbonyl (C=O) groups is 1. The highest BCUT2D eigenvalue weighted by Gasteiger charge is 2.33. The molecule has 2 saturated heterocycles. The van der Waals surface area contributed by atoms with Crippen molar-refractivity contribution in [1.82, 2.24) is 9.21 Å². The van der Waals surface area contributed by atoms with Crippen LogP contribution in [0.5, 0.6) is 0 Å². The number of piperidine rings is 1. The number of benzene rings is 1. The summed E-state index contributed by atoms with van der Waals surface area (Å²) in [5.41, 5.74) is 2.65. The highest BCUT2D eigenvalue weighted by molar-refractivity contribution is 7.99. The highest BCUT2D eigenvalue weighted by atomic mass is 32.2. The van der Waals surface area contributed by atoms with E-state index in [0.717, 1.165) is 37.2 Å². The first-order valence-corrected chi connectivity index (χ1v) is 14.4. The van der Waals surface area contributed by atoms with Crippen molar-refractivity contribution < 1.29 is 13.2 Å². The summed E-state index contributed by atoms with van der Waals surface area (Å²) in [6.45, 7) is 4.54. The molecule has 168 valence electrons. The van der Waals surface area contributed by atoms with Gasteiger partial charge in [0, 0.05) is 37.7 Å². The summed E-state index contributed by atoms with van der Waals surface area (Å²) in [5.74, 6) is 2.10. The fourth-order valence-electron chi connectivity index (χ4n) is 4.28. The Hall–Kier alpha value is -1.35. The van der Waals surface area contributed by atoms with Crippen LogP contribution in [0.15, 0.2) is 40.6 Å². The Labute approximate surface area is 193 Å². The van der Waals surface area contributed by atoms with Gasteiger partial charge in [-0.3, -0.25) is 4.79 Å². The number of thioether (sulfide) groups is 1. The summed E-state index contributed by atoms with van der Waals surface area (Å²) < 4.78 is 27.7. The van der Waals surface area contributed by atoms with Gasteiger partial charge in [-0.15, -0.1) is 11.3 Å². The lowest BCUT2D eigenvalue weighted by molar-refractivity contribution is 0.0688. The van der Waals surface area contributed by atoms with Crippen LogP contribution in [0.3, 0.4) is 0 Å². The Bertz CT molecular complexity index is 987. The molecule has 3 heterocycles. The Morgan fingerprint density at radius 3 is 2.39 bits per heavy atom. The third kappa shape index (κ3) is 5.35. The minimum absolute atomic E-state index is 0.128. The number of sulfonamides is 1. The maximum Gasteiger partial charge on any atom is 0.265 e. The van der Waals surface area contributed by atoms with E-state index < -0.39 is 10.0 Å². The number of nitrogens with zero attached hydrogens (tertiary/aromatic N) is 2. The third-order valence-electron chi connectivity index (χ3n) is 6.27. The molecule has 1 aromatic heterocycles. The number of aryl methyl sites for hydroxylation is 2. The lowest BCUT2D eigenvalue weighted by atomic mass is 9.90. The van der Waals surface area contributed by atoms with Crippen LogP contribution in [-0.2, 0) is 16.4 Å². The van der Waals surface area contributed by atoms with Gasteiger partial charge < -0.3 is 4.90 Å². The van der Waals surface area contributed by atoms with Crippen LogP contribution in [0.4, 0.5) is 0 Å². The summed E-state index contributed by atoms with van der Waals surface area (Å²) in [4.78, 5) is 15.6. The van der Waals surface area contributed by atoms with Gasteiger partial charge >= 0.3 is 0 Å². The average molecular weight is 479 g/mol. The number of likely N-dealkylation sites (tertiary alicyclic amines) is 1. The van der Waals surface area contributed by atoms with E-state index in [-0.39, 0.29) is 10.8 Å². The topological polar surface area (TPSA) is 57.7 Å². The zero-order valence-electron chi connectivity index (χ0n) is 18.0. The van der Waals surface area contributed by atoms with Crippen LogP contribution in [-0.4, -0.2) is 61.2 Å². The van der Waals surface area contributed by atoms with Crippen molar-refractivity contribution in [1.29, 1.82) is 0 Å². The zero-order valence-corrected chi connectivity index (χ0v) is 20.4. The van der Waals surface area contributed by atoms with Gasteiger partial charge in [0.2, 0.25) is 10.0 Å². The second-order valence-electron chi connectivity index (χ2n) is 8.39. The first-order valence-electron chi connectivity index (χ1n) is 11.0. The van der Waals surface area contributed by atoms with Crippen LogP contribution < -0.4 is 0 Å². The van der Waals surface area contributed by atoms with Crippen molar-refractivity contribution in [3.63, 3.8) is 0 Å². The van der Waals surface area contributed by atoms with Crippen LogP contribution in [0.25, 0.3) is 0 Å². The highest BCUT2D eigenvalue weighted by Crippen LogP contribution is 2.30. The smallest absolute Gasteiger partial charge is 0.265 e. The molecule has 0 saturated carbocycles. The van der Waals surface area contributed by atoms with Crippen molar-refractivity contribution in [2.75, 3.05) is 37.7 Å². The van der Waals surface area contributed by atoms with Gasteiger partial charge in [0.15, 0.2) is 0 Å². The van der Waals surface area contributed by atoms with Gasteiger partial charge in [-0.05, 0) is 55.5 Å². The molecule has 0 radical (unpaired) electrons. The molecule has 31 heavy (non-hydrogen) atoms. The van der Waals surface area contributed by atoms with E-state index in [9.17, 15) is 13.2 Å². The quantitative estimate of drug-likeness (QED) is 0.622. The van der Waals surface area contributed by atoms with Gasteiger partial charge in [0.1, 0.15) is 9.77 Å². The Kier molecular flexibility index (Phi) is 7.41. The molecule has 0 unspecified atom stereocenters. The van der Waals surface area contributed by atoms with Crippen molar-refractivity contribution in [2.24, 2.45) is 5.92 Å². The Morgan fingerprint density at radius 2 is 1.71 bits per heavy atom. The van der Waals surface area contributed by atoms with E-state index in [2.05, 4.69) is 31.2 Å². The molecule has 0 atom stereocenters. The van der Waals surface area contributed by atoms with E-state index in [0.29, 0.717) is 37.0 Å². The van der Waals surface area contributed by atoms with Crippen molar-refractivity contribution in [3.8, 4) is 0 Å². The number of carbonyl (C=O) groups excluding carboxylic acids is 1. The van der Waals surface area contributed by atoms with Crippen LogP contribution >= 0.6 is 23.1 Å². The molecule has 2 aliphatic rings. The normalized spacial score (nSPS) is 18.9. The van der Waals surface area contributed by atoms with Crippen LogP contribution in [0.2, 0.25) is 0 Å². The standard InChI is InChI=1S/C23H30N2O3S3/c1-18-2-4-19(5-3-18)6-7-20-8-11-24(12-9-20)23(26)22-21(10-15-30-22)31(27,28)25-13-16-29-17-14-25/h2-5,10,15,20H,6-9,11-14,16-17H2,1H3. The van der Waals surface area contributed by atoms with Crippen molar-refractivity contribution in [2.45, 2.75) is 37.5 Å². The fourth-order valence-corrected chi connectivity index (χ4v) is 8.21. The molecule has 1 amide bonds. The van der Waals surface area contributed by atoms with E-state index in [1.165, 1.54) is 26.8 Å². The van der Waals surface area contributed by atoms with Crippen molar-refractivity contribution >= 4 is 39.0 Å². The van der Waals surface area contributed by atoms with E-state index >= 15 is 0 Å². The van der Waals surface area contributed by atoms with Gasteiger partial charge in [-0.1, -0.05) is 29.8 Å². The van der Waals surface area contributed by atoms with Crippen LogP contribution in [0, 0.1) is 12.8 Å². The second-order valence-corrected chi connectivity index (χ2v) is 12.4. The van der Waals surface area contributed by atoms with Gasteiger partial charge in [0.05, 0.1) is 0 Å². The molecular weight excluding hydrogens is 448 g/mol. The molecule has 0 spiro atoms. The van der Waals surface area contributed by atoms with Crippen molar-refractivity contribution in [3.05, 3.63) is 51.7 Å². The molecule has 1 aromatic carbocycles. The minimum atomic E-state index is -3.60. The summed E-state index contributed by atoms with van der Waals surface area (Å²) in [6.07, 6.45) is 4.17. The molecule has 0 bridgehead atoms. The molecule has 0 aliphatic carbocycles. The lowest BCUT2D eigenvalue weighted by Gasteiger charge is -2.32. The van der Waals surface area contributed by atoms with Gasteiger partial charge in [-0.25, -0.2) is 8.42 Å². The van der Waals surface area contributed by atoms with Gasteiger partial charge in [-0.2, -0.15) is 16.1 Å². The molecule has 2 fully saturated rings. The maximum atomic E-state index is 13.2.